The molecule has 0 radical (unpaired) electrons. The van der Waals surface area contributed by atoms with E-state index in [9.17, 15) is 14.7 Å². The van der Waals surface area contributed by atoms with Gasteiger partial charge in [-0.25, -0.2) is 0 Å². The molecular formula is C35H39N3O4. The van der Waals surface area contributed by atoms with Crippen LogP contribution in [0.25, 0.3) is 0 Å². The molecule has 2 amide bonds. The van der Waals surface area contributed by atoms with E-state index < -0.39 is 12.1 Å². The standard InChI is InChI=1S/C35H39N3O4/c1-25(28-15-8-5-9-16-28)38(2)35(41)30-18-11-17-29(22-30)34(40)37-32(21-26-12-6-4-7-13-26)33(39)24-36-23-27-14-10-19-31(20-27)42-3/h4-20,22,25,32-33,36,39H,21,23-24H2,1-3H3,(H,37,40)/t25-,32+,33-/m1/s1. The summed E-state index contributed by atoms with van der Waals surface area (Å²) < 4.78 is 5.29. The summed E-state index contributed by atoms with van der Waals surface area (Å²) in [4.78, 5) is 28.4. The molecular weight excluding hydrogens is 526 g/mol. The number of methoxy groups -OCH3 is 1. The fourth-order valence-corrected chi connectivity index (χ4v) is 4.82. The van der Waals surface area contributed by atoms with E-state index in [-0.39, 0.29) is 24.4 Å². The molecule has 0 fully saturated rings. The van der Waals surface area contributed by atoms with E-state index in [4.69, 9.17) is 4.74 Å². The molecule has 0 aliphatic carbocycles. The monoisotopic (exact) mass is 565 g/mol. The van der Waals surface area contributed by atoms with Gasteiger partial charge in [-0.1, -0.05) is 78.9 Å². The quantitative estimate of drug-likeness (QED) is 0.212. The number of amides is 2. The molecule has 0 spiro atoms. The molecule has 0 bridgehead atoms. The number of aliphatic hydroxyl groups is 1. The fraction of sp³-hybridized carbons (Fsp3) is 0.257. The maximum Gasteiger partial charge on any atom is 0.254 e. The number of nitrogens with one attached hydrogen (secondary N) is 2. The number of aliphatic hydroxyl groups excluding tert-OH is 1. The van der Waals surface area contributed by atoms with Crippen molar-refractivity contribution in [1.82, 2.24) is 15.5 Å². The molecule has 4 aromatic carbocycles. The van der Waals surface area contributed by atoms with Crippen molar-refractivity contribution in [2.45, 2.75) is 38.1 Å². The van der Waals surface area contributed by atoms with Gasteiger partial charge in [-0.15, -0.1) is 0 Å². The highest BCUT2D eigenvalue weighted by molar-refractivity contribution is 5.99. The summed E-state index contributed by atoms with van der Waals surface area (Å²) in [5, 5.41) is 17.5. The van der Waals surface area contributed by atoms with Crippen LogP contribution in [0.5, 0.6) is 5.75 Å². The number of carbonyl (C=O) groups excluding carboxylic acids is 2. The number of hydrogen-bond donors (Lipinski definition) is 3. The van der Waals surface area contributed by atoms with Gasteiger partial charge in [0, 0.05) is 31.3 Å². The van der Waals surface area contributed by atoms with Crippen molar-refractivity contribution in [2.24, 2.45) is 0 Å². The summed E-state index contributed by atoms with van der Waals surface area (Å²) in [7, 11) is 3.39. The molecule has 0 aromatic heterocycles. The second-order valence-corrected chi connectivity index (χ2v) is 10.4. The minimum Gasteiger partial charge on any atom is -0.497 e. The molecule has 0 aliphatic rings. The first-order valence-electron chi connectivity index (χ1n) is 14.1. The number of nitrogens with zero attached hydrogens (tertiary/aromatic N) is 1. The van der Waals surface area contributed by atoms with E-state index in [0.717, 1.165) is 22.4 Å². The molecule has 0 saturated carbocycles. The minimum atomic E-state index is -0.859. The average molecular weight is 566 g/mol. The SMILES string of the molecule is COc1cccc(CNC[C@@H](O)[C@H](Cc2ccccc2)NC(=O)c2cccc(C(=O)N(C)[C@H](C)c3ccccc3)c2)c1. The molecule has 42 heavy (non-hydrogen) atoms. The molecule has 218 valence electrons. The van der Waals surface area contributed by atoms with Gasteiger partial charge in [0.05, 0.1) is 25.3 Å². The van der Waals surface area contributed by atoms with E-state index in [1.807, 2.05) is 91.9 Å². The number of hydrogen-bond acceptors (Lipinski definition) is 5. The van der Waals surface area contributed by atoms with Crippen molar-refractivity contribution in [3.05, 3.63) is 137 Å². The summed E-state index contributed by atoms with van der Waals surface area (Å²) in [6.07, 6.45) is -0.410. The number of benzene rings is 4. The van der Waals surface area contributed by atoms with Gasteiger partial charge in [-0.3, -0.25) is 9.59 Å². The van der Waals surface area contributed by atoms with Gasteiger partial charge in [-0.2, -0.15) is 0 Å². The molecule has 7 nitrogen and oxygen atoms in total. The van der Waals surface area contributed by atoms with Gasteiger partial charge in [0.15, 0.2) is 0 Å². The maximum absolute atomic E-state index is 13.4. The Kier molecular flexibility index (Phi) is 10.9. The Hall–Kier alpha value is -4.46. The van der Waals surface area contributed by atoms with Crippen LogP contribution in [0.15, 0.2) is 109 Å². The Morgan fingerprint density at radius 3 is 2.19 bits per heavy atom. The highest BCUT2D eigenvalue weighted by Crippen LogP contribution is 2.21. The number of ether oxygens (including phenoxy) is 1. The first kappa shape index (κ1) is 30.5. The average Bonchev–Trinajstić information content (AvgIpc) is 3.04. The summed E-state index contributed by atoms with van der Waals surface area (Å²) in [5.41, 5.74) is 3.83. The van der Waals surface area contributed by atoms with Crippen LogP contribution < -0.4 is 15.4 Å². The third-order valence-electron chi connectivity index (χ3n) is 7.45. The van der Waals surface area contributed by atoms with Gasteiger partial charge in [0.1, 0.15) is 5.75 Å². The predicted octanol–water partition coefficient (Wildman–Crippen LogP) is 5.02. The Morgan fingerprint density at radius 2 is 1.48 bits per heavy atom. The highest BCUT2D eigenvalue weighted by atomic mass is 16.5. The van der Waals surface area contributed by atoms with Crippen molar-refractivity contribution >= 4 is 11.8 Å². The largest absolute Gasteiger partial charge is 0.497 e. The first-order valence-corrected chi connectivity index (χ1v) is 14.1. The van der Waals surface area contributed by atoms with Crippen molar-refractivity contribution in [3.8, 4) is 5.75 Å². The molecule has 0 aliphatic heterocycles. The maximum atomic E-state index is 13.4. The normalized spacial score (nSPS) is 13.0. The smallest absolute Gasteiger partial charge is 0.254 e. The number of rotatable bonds is 13. The zero-order valence-electron chi connectivity index (χ0n) is 24.4. The van der Waals surface area contributed by atoms with Crippen molar-refractivity contribution in [3.63, 3.8) is 0 Å². The lowest BCUT2D eigenvalue weighted by Crippen LogP contribution is -2.48. The van der Waals surface area contributed by atoms with Crippen LogP contribution >= 0.6 is 0 Å². The van der Waals surface area contributed by atoms with Crippen LogP contribution in [-0.2, 0) is 13.0 Å². The van der Waals surface area contributed by atoms with Gasteiger partial charge < -0.3 is 25.4 Å². The summed E-state index contributed by atoms with van der Waals surface area (Å²) in [6, 6.07) is 33.3. The lowest BCUT2D eigenvalue weighted by Gasteiger charge is -2.26. The van der Waals surface area contributed by atoms with E-state index in [2.05, 4.69) is 10.6 Å². The number of carbonyl (C=O) groups is 2. The Labute approximate surface area is 248 Å². The molecule has 7 heteroatoms. The molecule has 0 heterocycles. The van der Waals surface area contributed by atoms with E-state index in [0.29, 0.717) is 24.1 Å². The second-order valence-electron chi connectivity index (χ2n) is 10.4. The second kappa shape index (κ2) is 15.0. The lowest BCUT2D eigenvalue weighted by molar-refractivity contribution is 0.0742. The molecule has 0 saturated heterocycles. The fourth-order valence-electron chi connectivity index (χ4n) is 4.82. The third-order valence-corrected chi connectivity index (χ3v) is 7.45. The van der Waals surface area contributed by atoms with E-state index in [1.165, 1.54) is 0 Å². The first-order chi connectivity index (χ1) is 20.4. The third kappa shape index (κ3) is 8.28. The van der Waals surface area contributed by atoms with Crippen molar-refractivity contribution in [1.29, 1.82) is 0 Å². The zero-order chi connectivity index (χ0) is 29.9. The molecule has 3 atom stereocenters. The van der Waals surface area contributed by atoms with Crippen LogP contribution in [-0.4, -0.2) is 54.7 Å². The Balaban J connectivity index is 1.44. The summed E-state index contributed by atoms with van der Waals surface area (Å²) in [6.45, 7) is 2.79. The van der Waals surface area contributed by atoms with E-state index >= 15 is 0 Å². The van der Waals surface area contributed by atoms with Crippen LogP contribution in [0.3, 0.4) is 0 Å². The molecule has 4 aromatic rings. The van der Waals surface area contributed by atoms with Crippen molar-refractivity contribution in [2.75, 3.05) is 20.7 Å². The van der Waals surface area contributed by atoms with Crippen LogP contribution in [0.4, 0.5) is 0 Å². The van der Waals surface area contributed by atoms with Crippen molar-refractivity contribution < 1.29 is 19.4 Å². The van der Waals surface area contributed by atoms with Crippen LogP contribution in [0, 0.1) is 0 Å². The van der Waals surface area contributed by atoms with Gasteiger partial charge in [0.25, 0.3) is 11.8 Å². The van der Waals surface area contributed by atoms with Crippen LogP contribution in [0.1, 0.15) is 50.4 Å². The minimum absolute atomic E-state index is 0.133. The Morgan fingerprint density at radius 1 is 0.833 bits per heavy atom. The summed E-state index contributed by atoms with van der Waals surface area (Å²) in [5.74, 6) is 0.241. The predicted molar refractivity (Wildman–Crippen MR) is 166 cm³/mol. The van der Waals surface area contributed by atoms with E-state index in [1.54, 1.807) is 43.3 Å². The topological polar surface area (TPSA) is 90.9 Å². The zero-order valence-corrected chi connectivity index (χ0v) is 24.4. The molecule has 4 rings (SSSR count). The van der Waals surface area contributed by atoms with Gasteiger partial charge >= 0.3 is 0 Å². The summed E-state index contributed by atoms with van der Waals surface area (Å²) >= 11 is 0. The van der Waals surface area contributed by atoms with Gasteiger partial charge in [-0.05, 0) is 60.4 Å². The highest BCUT2D eigenvalue weighted by Gasteiger charge is 2.24. The molecule has 3 N–H and O–H groups in total. The Bertz CT molecular complexity index is 1450. The van der Waals surface area contributed by atoms with Crippen LogP contribution in [0.2, 0.25) is 0 Å². The molecule has 0 unspecified atom stereocenters. The van der Waals surface area contributed by atoms with Gasteiger partial charge in [0.2, 0.25) is 0 Å². The lowest BCUT2D eigenvalue weighted by atomic mass is 10.00.